The molecule has 0 aromatic rings. The van der Waals surface area contributed by atoms with Crippen LogP contribution >= 0.6 is 0 Å². The summed E-state index contributed by atoms with van der Waals surface area (Å²) in [5.41, 5.74) is -0.512. The van der Waals surface area contributed by atoms with Crippen molar-refractivity contribution in [1.29, 1.82) is 0 Å². The summed E-state index contributed by atoms with van der Waals surface area (Å²) in [6, 6.07) is 0.0306. The molecule has 1 aliphatic rings. The Morgan fingerprint density at radius 3 is 2.47 bits per heavy atom. The Morgan fingerprint density at radius 1 is 1.32 bits per heavy atom. The first kappa shape index (κ1) is 16.2. The summed E-state index contributed by atoms with van der Waals surface area (Å²) in [4.78, 5) is 11.6. The third kappa shape index (κ3) is 7.37. The highest BCUT2D eigenvalue weighted by Gasteiger charge is 2.28. The predicted octanol–water partition coefficient (Wildman–Crippen LogP) is 1.66. The fraction of sp³-hybridized carbons (Fsp3) is 0.917. The summed E-state index contributed by atoms with van der Waals surface area (Å²) in [5, 5.41) is 2.80. The van der Waals surface area contributed by atoms with Gasteiger partial charge in [-0.25, -0.2) is 4.79 Å². The highest BCUT2D eigenvalue weighted by atomic mass is 32.2. The molecular formula is C12H23NO5S. The predicted molar refractivity (Wildman–Crippen MR) is 71.3 cm³/mol. The molecule has 0 saturated heterocycles. The second-order valence-corrected chi connectivity index (χ2v) is 7.65. The monoisotopic (exact) mass is 293 g/mol. The van der Waals surface area contributed by atoms with Gasteiger partial charge in [-0.2, -0.15) is 8.42 Å². The Bertz CT molecular complexity index is 412. The van der Waals surface area contributed by atoms with E-state index < -0.39 is 21.8 Å². The van der Waals surface area contributed by atoms with Gasteiger partial charge in [-0.1, -0.05) is 0 Å². The number of carbonyl (C=O) groups is 1. The lowest BCUT2D eigenvalue weighted by atomic mass is 10.1. The molecule has 1 rings (SSSR count). The molecule has 2 atom stereocenters. The van der Waals surface area contributed by atoms with Crippen LogP contribution in [-0.2, 0) is 19.0 Å². The van der Waals surface area contributed by atoms with Gasteiger partial charge in [0.2, 0.25) is 0 Å². The van der Waals surface area contributed by atoms with Crippen molar-refractivity contribution in [2.75, 3.05) is 12.9 Å². The molecule has 1 amide bonds. The first-order valence-electron chi connectivity index (χ1n) is 6.39. The zero-order chi connectivity index (χ0) is 14.7. The fourth-order valence-corrected chi connectivity index (χ4v) is 2.49. The molecule has 7 heteroatoms. The van der Waals surface area contributed by atoms with E-state index in [-0.39, 0.29) is 18.6 Å². The van der Waals surface area contributed by atoms with Crippen molar-refractivity contribution in [2.24, 2.45) is 5.92 Å². The van der Waals surface area contributed by atoms with Gasteiger partial charge in [0.25, 0.3) is 10.1 Å². The summed E-state index contributed by atoms with van der Waals surface area (Å²) in [6.07, 6.45) is 2.99. The maximum absolute atomic E-state index is 11.6. The van der Waals surface area contributed by atoms with Gasteiger partial charge in [-0.05, 0) is 46.0 Å². The first-order chi connectivity index (χ1) is 8.55. The smallest absolute Gasteiger partial charge is 0.407 e. The van der Waals surface area contributed by atoms with Gasteiger partial charge in [0.1, 0.15) is 5.60 Å². The van der Waals surface area contributed by atoms with Crippen molar-refractivity contribution in [3.8, 4) is 0 Å². The molecule has 19 heavy (non-hydrogen) atoms. The summed E-state index contributed by atoms with van der Waals surface area (Å²) in [7, 11) is -3.39. The summed E-state index contributed by atoms with van der Waals surface area (Å²) < 4.78 is 31.7. The van der Waals surface area contributed by atoms with Crippen molar-refractivity contribution >= 4 is 16.2 Å². The normalized spacial score (nSPS) is 24.2. The molecule has 1 N–H and O–H groups in total. The Labute approximate surface area is 115 Å². The average Bonchev–Trinajstić information content (AvgIpc) is 2.58. The van der Waals surface area contributed by atoms with Gasteiger partial charge >= 0.3 is 6.09 Å². The third-order valence-electron chi connectivity index (χ3n) is 2.78. The number of rotatable bonds is 4. The van der Waals surface area contributed by atoms with E-state index in [4.69, 9.17) is 8.92 Å². The Hall–Kier alpha value is -0.820. The molecule has 0 unspecified atom stereocenters. The Balaban J connectivity index is 2.30. The zero-order valence-electron chi connectivity index (χ0n) is 11.9. The quantitative estimate of drug-likeness (QED) is 0.797. The molecular weight excluding hydrogens is 270 g/mol. The molecule has 0 bridgehead atoms. The van der Waals surface area contributed by atoms with Crippen molar-refractivity contribution in [3.05, 3.63) is 0 Å². The summed E-state index contributed by atoms with van der Waals surface area (Å²) in [5.74, 6) is 0.162. The van der Waals surface area contributed by atoms with E-state index in [9.17, 15) is 13.2 Å². The zero-order valence-corrected chi connectivity index (χ0v) is 12.7. The lowest BCUT2D eigenvalue weighted by molar-refractivity contribution is 0.0503. The van der Waals surface area contributed by atoms with Crippen LogP contribution in [0.5, 0.6) is 0 Å². The number of ether oxygens (including phenoxy) is 1. The minimum Gasteiger partial charge on any atom is -0.444 e. The van der Waals surface area contributed by atoms with Crippen molar-refractivity contribution in [2.45, 2.75) is 51.7 Å². The highest BCUT2D eigenvalue weighted by Crippen LogP contribution is 2.26. The molecule has 0 aromatic heterocycles. The number of amides is 1. The Kier molecular flexibility index (Phi) is 5.20. The van der Waals surface area contributed by atoms with E-state index in [1.54, 1.807) is 0 Å². The molecule has 0 spiro atoms. The topological polar surface area (TPSA) is 81.7 Å². The van der Waals surface area contributed by atoms with Crippen LogP contribution in [0.4, 0.5) is 4.79 Å². The van der Waals surface area contributed by atoms with Gasteiger partial charge < -0.3 is 10.1 Å². The molecule has 0 radical (unpaired) electrons. The van der Waals surface area contributed by atoms with Crippen LogP contribution in [0.2, 0.25) is 0 Å². The molecule has 6 nitrogen and oxygen atoms in total. The lowest BCUT2D eigenvalue weighted by Gasteiger charge is -2.21. The minimum atomic E-state index is -3.39. The van der Waals surface area contributed by atoms with E-state index in [0.29, 0.717) is 0 Å². The molecule has 1 fully saturated rings. The van der Waals surface area contributed by atoms with Crippen LogP contribution in [0.3, 0.4) is 0 Å². The van der Waals surface area contributed by atoms with Crippen LogP contribution in [0.25, 0.3) is 0 Å². The van der Waals surface area contributed by atoms with Crippen molar-refractivity contribution in [1.82, 2.24) is 5.32 Å². The summed E-state index contributed by atoms with van der Waals surface area (Å²) >= 11 is 0. The Morgan fingerprint density at radius 2 is 1.95 bits per heavy atom. The number of alkyl carbamates (subject to hydrolysis) is 1. The standard InChI is InChI=1S/C12H23NO5S/c1-12(2,3)18-11(14)13-10-6-5-9(7-10)8-17-19(4,15)16/h9-10H,5-8H2,1-4H3,(H,13,14)/t9-,10-/m1/s1. The van der Waals surface area contributed by atoms with Gasteiger partial charge in [0.15, 0.2) is 0 Å². The summed E-state index contributed by atoms with van der Waals surface area (Å²) in [6.45, 7) is 5.61. The molecule has 1 aliphatic carbocycles. The number of hydrogen-bond donors (Lipinski definition) is 1. The fourth-order valence-electron chi connectivity index (χ4n) is 2.05. The number of carbonyl (C=O) groups excluding carboxylic acids is 1. The molecule has 0 aliphatic heterocycles. The van der Waals surface area contributed by atoms with Gasteiger partial charge in [-0.15, -0.1) is 0 Å². The van der Waals surface area contributed by atoms with E-state index in [2.05, 4.69) is 5.32 Å². The third-order valence-corrected chi connectivity index (χ3v) is 3.34. The number of nitrogens with one attached hydrogen (secondary N) is 1. The van der Waals surface area contributed by atoms with E-state index in [1.165, 1.54) is 0 Å². The second-order valence-electron chi connectivity index (χ2n) is 6.01. The largest absolute Gasteiger partial charge is 0.444 e. The average molecular weight is 293 g/mol. The highest BCUT2D eigenvalue weighted by molar-refractivity contribution is 7.85. The van der Waals surface area contributed by atoms with Crippen LogP contribution in [0.15, 0.2) is 0 Å². The molecule has 0 aromatic carbocycles. The van der Waals surface area contributed by atoms with Crippen LogP contribution in [-0.4, -0.2) is 39.0 Å². The number of hydrogen-bond acceptors (Lipinski definition) is 5. The molecule has 1 saturated carbocycles. The second kappa shape index (κ2) is 6.09. The van der Waals surface area contributed by atoms with E-state index in [1.807, 2.05) is 20.8 Å². The SMILES string of the molecule is CC(C)(C)OC(=O)N[C@@H]1CC[C@@H](COS(C)(=O)=O)C1. The minimum absolute atomic E-state index is 0.0306. The lowest BCUT2D eigenvalue weighted by Crippen LogP contribution is -2.38. The van der Waals surface area contributed by atoms with Crippen LogP contribution < -0.4 is 5.32 Å². The van der Waals surface area contributed by atoms with Crippen LogP contribution in [0, 0.1) is 5.92 Å². The van der Waals surface area contributed by atoms with E-state index >= 15 is 0 Å². The van der Waals surface area contributed by atoms with Gasteiger partial charge in [-0.3, -0.25) is 4.18 Å². The molecule has 112 valence electrons. The van der Waals surface area contributed by atoms with Crippen molar-refractivity contribution < 1.29 is 22.1 Å². The van der Waals surface area contributed by atoms with Gasteiger partial charge in [0.05, 0.1) is 12.9 Å². The maximum Gasteiger partial charge on any atom is 0.407 e. The first-order valence-corrected chi connectivity index (χ1v) is 8.21. The van der Waals surface area contributed by atoms with Crippen molar-refractivity contribution in [3.63, 3.8) is 0 Å². The van der Waals surface area contributed by atoms with Gasteiger partial charge in [0, 0.05) is 6.04 Å². The molecule has 0 heterocycles. The van der Waals surface area contributed by atoms with E-state index in [0.717, 1.165) is 25.5 Å². The van der Waals surface area contributed by atoms with Crippen LogP contribution in [0.1, 0.15) is 40.0 Å². The maximum atomic E-state index is 11.6.